The van der Waals surface area contributed by atoms with Crippen molar-refractivity contribution in [2.45, 2.75) is 27.3 Å². The molecular weight excluding hydrogens is 447 g/mol. The summed E-state index contributed by atoms with van der Waals surface area (Å²) in [5.74, 6) is 0.450. The van der Waals surface area contributed by atoms with E-state index in [0.29, 0.717) is 33.8 Å². The second kappa shape index (κ2) is 10.6. The van der Waals surface area contributed by atoms with Gasteiger partial charge in [0.1, 0.15) is 0 Å². The molecule has 5 nitrogen and oxygen atoms in total. The fraction of sp³-hybridized carbons (Fsp3) is 0.240. The first-order chi connectivity index (χ1) is 15.3. The average molecular weight is 473 g/mol. The topological polar surface area (TPSA) is 59.6 Å². The number of halogens is 2. The number of benzene rings is 3. The summed E-state index contributed by atoms with van der Waals surface area (Å²) in [6, 6.07) is 15.2. The summed E-state index contributed by atoms with van der Waals surface area (Å²) >= 11 is 12.6. The van der Waals surface area contributed by atoms with Gasteiger partial charge in [-0.1, -0.05) is 47.0 Å². The van der Waals surface area contributed by atoms with Crippen LogP contribution >= 0.6 is 23.2 Å². The number of anilines is 2. The molecule has 3 aromatic rings. The zero-order valence-electron chi connectivity index (χ0n) is 18.5. The van der Waals surface area contributed by atoms with E-state index < -0.39 is 0 Å². The van der Waals surface area contributed by atoms with E-state index in [2.05, 4.69) is 42.7 Å². The van der Waals surface area contributed by atoms with E-state index in [4.69, 9.17) is 32.7 Å². The Bertz CT molecular complexity index is 1130. The average Bonchev–Trinajstić information content (AvgIpc) is 2.74. The number of carbonyl (C=O) groups excluding carboxylic acids is 1. The van der Waals surface area contributed by atoms with Crippen LogP contribution in [-0.4, -0.2) is 19.6 Å². The maximum absolute atomic E-state index is 12.3. The van der Waals surface area contributed by atoms with Gasteiger partial charge in [0.05, 0.1) is 12.1 Å². The van der Waals surface area contributed by atoms with Crippen LogP contribution < -0.4 is 20.1 Å². The number of methoxy groups -OCH3 is 1. The van der Waals surface area contributed by atoms with Gasteiger partial charge in [0.15, 0.2) is 18.1 Å². The highest BCUT2D eigenvalue weighted by Crippen LogP contribution is 2.36. The van der Waals surface area contributed by atoms with E-state index in [1.165, 1.54) is 18.2 Å². The fourth-order valence-electron chi connectivity index (χ4n) is 3.23. The van der Waals surface area contributed by atoms with Gasteiger partial charge >= 0.3 is 0 Å². The van der Waals surface area contributed by atoms with Gasteiger partial charge < -0.3 is 20.1 Å². The first-order valence-corrected chi connectivity index (χ1v) is 10.9. The van der Waals surface area contributed by atoms with Crippen LogP contribution in [-0.2, 0) is 11.3 Å². The van der Waals surface area contributed by atoms with Crippen molar-refractivity contribution >= 4 is 40.5 Å². The van der Waals surface area contributed by atoms with Crippen LogP contribution in [0.2, 0.25) is 10.0 Å². The fourth-order valence-corrected chi connectivity index (χ4v) is 3.70. The van der Waals surface area contributed by atoms with Gasteiger partial charge in [-0.3, -0.25) is 4.79 Å². The monoisotopic (exact) mass is 472 g/mol. The quantitative estimate of drug-likeness (QED) is 0.389. The molecule has 0 bridgehead atoms. The molecule has 0 heterocycles. The number of aryl methyl sites for hydroxylation is 3. The first-order valence-electron chi connectivity index (χ1n) is 10.1. The molecular formula is C25H26Cl2N2O3. The molecule has 168 valence electrons. The van der Waals surface area contributed by atoms with Gasteiger partial charge in [-0.05, 0) is 67.8 Å². The van der Waals surface area contributed by atoms with Gasteiger partial charge in [-0.25, -0.2) is 0 Å². The second-order valence-corrected chi connectivity index (χ2v) is 8.40. The van der Waals surface area contributed by atoms with Gasteiger partial charge in [0.2, 0.25) is 0 Å². The normalized spacial score (nSPS) is 10.6. The third-order valence-electron chi connectivity index (χ3n) is 4.96. The molecule has 3 rings (SSSR count). The highest BCUT2D eigenvalue weighted by Gasteiger charge is 2.14. The molecule has 0 fully saturated rings. The molecule has 0 spiro atoms. The Kier molecular flexibility index (Phi) is 7.89. The summed E-state index contributed by atoms with van der Waals surface area (Å²) in [5.41, 5.74) is 5.90. The van der Waals surface area contributed by atoms with Gasteiger partial charge in [-0.15, -0.1) is 0 Å². The summed E-state index contributed by atoms with van der Waals surface area (Å²) in [7, 11) is 1.54. The van der Waals surface area contributed by atoms with Gasteiger partial charge in [-0.2, -0.15) is 0 Å². The van der Waals surface area contributed by atoms with E-state index in [0.717, 1.165) is 16.8 Å². The van der Waals surface area contributed by atoms with Crippen LogP contribution in [0, 0.1) is 20.8 Å². The predicted octanol–water partition coefficient (Wildman–Crippen LogP) is 6.56. The lowest BCUT2D eigenvalue weighted by atomic mass is 10.1. The SMILES string of the molecule is COc1cc(CNc2ccc(C)cc2C)cc(Cl)c1OCC(=O)Nc1ccc(C)c(Cl)c1. The maximum Gasteiger partial charge on any atom is 0.262 e. The Morgan fingerprint density at radius 1 is 0.938 bits per heavy atom. The van der Waals surface area contributed by atoms with E-state index in [-0.39, 0.29) is 12.5 Å². The number of nitrogens with one attached hydrogen (secondary N) is 2. The Hall–Kier alpha value is -2.89. The number of hydrogen-bond acceptors (Lipinski definition) is 4. The van der Waals surface area contributed by atoms with E-state index in [1.54, 1.807) is 18.2 Å². The molecule has 0 atom stereocenters. The molecule has 2 N–H and O–H groups in total. The van der Waals surface area contributed by atoms with E-state index in [9.17, 15) is 4.79 Å². The smallest absolute Gasteiger partial charge is 0.262 e. The van der Waals surface area contributed by atoms with E-state index >= 15 is 0 Å². The van der Waals surface area contributed by atoms with Crippen LogP contribution in [0.15, 0.2) is 48.5 Å². The minimum Gasteiger partial charge on any atom is -0.493 e. The minimum absolute atomic E-state index is 0.221. The zero-order valence-corrected chi connectivity index (χ0v) is 20.0. The number of amides is 1. The van der Waals surface area contributed by atoms with Crippen molar-refractivity contribution in [3.8, 4) is 11.5 Å². The van der Waals surface area contributed by atoms with Crippen molar-refractivity contribution in [3.05, 3.63) is 80.8 Å². The number of ether oxygens (including phenoxy) is 2. The lowest BCUT2D eigenvalue weighted by Crippen LogP contribution is -2.20. The molecule has 0 saturated carbocycles. The predicted molar refractivity (Wildman–Crippen MR) is 132 cm³/mol. The van der Waals surface area contributed by atoms with Crippen molar-refractivity contribution in [2.75, 3.05) is 24.4 Å². The molecule has 0 aliphatic rings. The second-order valence-electron chi connectivity index (χ2n) is 7.58. The van der Waals surface area contributed by atoms with Crippen molar-refractivity contribution in [2.24, 2.45) is 0 Å². The summed E-state index contributed by atoms with van der Waals surface area (Å²) in [6.45, 7) is 6.37. The molecule has 32 heavy (non-hydrogen) atoms. The first kappa shape index (κ1) is 23.8. The minimum atomic E-state index is -0.330. The molecule has 3 aromatic carbocycles. The Balaban J connectivity index is 1.65. The number of rotatable bonds is 8. The summed E-state index contributed by atoms with van der Waals surface area (Å²) in [5, 5.41) is 7.11. The molecule has 0 saturated heterocycles. The van der Waals surface area contributed by atoms with Crippen LogP contribution in [0.5, 0.6) is 11.5 Å². The third kappa shape index (κ3) is 6.09. The van der Waals surface area contributed by atoms with Gasteiger partial charge in [0.25, 0.3) is 5.91 Å². The number of carbonyl (C=O) groups is 1. The van der Waals surface area contributed by atoms with E-state index in [1.807, 2.05) is 19.1 Å². The van der Waals surface area contributed by atoms with Gasteiger partial charge in [0, 0.05) is 22.9 Å². The van der Waals surface area contributed by atoms with Crippen molar-refractivity contribution in [3.63, 3.8) is 0 Å². The number of hydrogen-bond donors (Lipinski definition) is 2. The maximum atomic E-state index is 12.3. The molecule has 7 heteroatoms. The molecule has 0 aliphatic carbocycles. The molecule has 0 aliphatic heterocycles. The summed E-state index contributed by atoms with van der Waals surface area (Å²) < 4.78 is 11.1. The lowest BCUT2D eigenvalue weighted by molar-refractivity contribution is -0.118. The van der Waals surface area contributed by atoms with Crippen molar-refractivity contribution in [1.82, 2.24) is 0 Å². The third-order valence-corrected chi connectivity index (χ3v) is 5.65. The van der Waals surface area contributed by atoms with Crippen LogP contribution in [0.4, 0.5) is 11.4 Å². The highest BCUT2D eigenvalue weighted by molar-refractivity contribution is 6.32. The van der Waals surface area contributed by atoms with Crippen LogP contribution in [0.3, 0.4) is 0 Å². The highest BCUT2D eigenvalue weighted by atomic mass is 35.5. The molecule has 0 aromatic heterocycles. The summed E-state index contributed by atoms with van der Waals surface area (Å²) in [6.07, 6.45) is 0. The largest absolute Gasteiger partial charge is 0.493 e. The Labute approximate surface area is 198 Å². The Morgan fingerprint density at radius 2 is 1.72 bits per heavy atom. The molecule has 0 unspecified atom stereocenters. The van der Waals surface area contributed by atoms with Crippen molar-refractivity contribution in [1.29, 1.82) is 0 Å². The molecule has 1 amide bonds. The molecule has 0 radical (unpaired) electrons. The standard InChI is InChI=1S/C25H26Cl2N2O3/c1-15-5-8-22(17(3)9-15)28-13-18-10-21(27)25(23(11-18)31-4)32-14-24(30)29-19-7-6-16(2)20(26)12-19/h5-12,28H,13-14H2,1-4H3,(H,29,30). The lowest BCUT2D eigenvalue weighted by Gasteiger charge is -2.15. The zero-order chi connectivity index (χ0) is 23.3. The van der Waals surface area contributed by atoms with Crippen LogP contribution in [0.25, 0.3) is 0 Å². The van der Waals surface area contributed by atoms with Crippen molar-refractivity contribution < 1.29 is 14.3 Å². The summed E-state index contributed by atoms with van der Waals surface area (Å²) in [4.78, 5) is 12.3. The van der Waals surface area contributed by atoms with Crippen LogP contribution in [0.1, 0.15) is 22.3 Å². The Morgan fingerprint density at radius 3 is 2.41 bits per heavy atom.